The molecule has 0 amide bonds. The second-order valence-electron chi connectivity index (χ2n) is 5.72. The predicted molar refractivity (Wildman–Crippen MR) is 75.4 cm³/mol. The van der Waals surface area contributed by atoms with Gasteiger partial charge in [0.05, 0.1) is 12.7 Å². The number of nitrogens with one attached hydrogen (secondary N) is 1. The van der Waals surface area contributed by atoms with Crippen molar-refractivity contribution in [2.24, 2.45) is 5.92 Å². The number of ether oxygens (including phenoxy) is 1. The summed E-state index contributed by atoms with van der Waals surface area (Å²) in [5.41, 5.74) is 2.32. The molecule has 3 rings (SSSR count). The van der Waals surface area contributed by atoms with Gasteiger partial charge in [0.25, 0.3) is 0 Å². The molecule has 0 radical (unpaired) electrons. The van der Waals surface area contributed by atoms with Crippen LogP contribution in [0.2, 0.25) is 0 Å². The molecule has 1 aromatic carbocycles. The molecule has 2 heterocycles. The van der Waals surface area contributed by atoms with E-state index in [1.54, 1.807) is 0 Å². The highest BCUT2D eigenvalue weighted by molar-refractivity contribution is 5.39. The van der Waals surface area contributed by atoms with Crippen molar-refractivity contribution in [2.75, 3.05) is 19.7 Å². The quantitative estimate of drug-likeness (QED) is 0.859. The molecule has 3 nitrogen and oxygen atoms in total. The summed E-state index contributed by atoms with van der Waals surface area (Å²) >= 11 is 0. The van der Waals surface area contributed by atoms with Crippen LogP contribution in [-0.2, 0) is 6.42 Å². The standard InChI is InChI=1S/C16H23NO2/c18-16(14-5-3-8-17-11-14)13-6-7-15-12(10-13)4-1-2-9-19-15/h6-7,10,14,16-18H,1-5,8-9,11H2. The molecule has 0 aromatic heterocycles. The normalized spacial score (nSPS) is 25.0. The Bertz CT molecular complexity index is 427. The zero-order valence-corrected chi connectivity index (χ0v) is 11.4. The van der Waals surface area contributed by atoms with Gasteiger partial charge >= 0.3 is 0 Å². The minimum absolute atomic E-state index is 0.346. The molecule has 2 N–H and O–H groups in total. The van der Waals surface area contributed by atoms with E-state index in [9.17, 15) is 5.11 Å². The van der Waals surface area contributed by atoms with Crippen LogP contribution in [0.25, 0.3) is 0 Å². The van der Waals surface area contributed by atoms with Gasteiger partial charge in [-0.15, -0.1) is 0 Å². The Morgan fingerprint density at radius 2 is 2.21 bits per heavy atom. The van der Waals surface area contributed by atoms with Crippen LogP contribution in [0.15, 0.2) is 18.2 Å². The average molecular weight is 261 g/mol. The monoisotopic (exact) mass is 261 g/mol. The number of fused-ring (bicyclic) bond motifs is 1. The Morgan fingerprint density at radius 3 is 3.05 bits per heavy atom. The second-order valence-corrected chi connectivity index (χ2v) is 5.72. The van der Waals surface area contributed by atoms with Gasteiger partial charge in [0.2, 0.25) is 0 Å². The average Bonchev–Trinajstić information content (AvgIpc) is 2.72. The lowest BCUT2D eigenvalue weighted by Gasteiger charge is -2.28. The SMILES string of the molecule is OC(c1ccc2c(c1)CCCCO2)C1CCCNC1. The van der Waals surface area contributed by atoms with Crippen LogP contribution < -0.4 is 10.1 Å². The second kappa shape index (κ2) is 5.93. The molecule has 0 bridgehead atoms. The molecule has 19 heavy (non-hydrogen) atoms. The highest BCUT2D eigenvalue weighted by Crippen LogP contribution is 2.32. The van der Waals surface area contributed by atoms with Crippen LogP contribution in [-0.4, -0.2) is 24.8 Å². The van der Waals surface area contributed by atoms with Crippen molar-refractivity contribution in [3.8, 4) is 5.75 Å². The van der Waals surface area contributed by atoms with Crippen LogP contribution in [0.1, 0.15) is 42.9 Å². The molecule has 0 aliphatic carbocycles. The fourth-order valence-electron chi connectivity index (χ4n) is 3.14. The van der Waals surface area contributed by atoms with Gasteiger partial charge in [-0.2, -0.15) is 0 Å². The first-order chi connectivity index (χ1) is 9.34. The van der Waals surface area contributed by atoms with E-state index in [0.717, 1.165) is 56.7 Å². The number of piperidine rings is 1. The third-order valence-corrected chi connectivity index (χ3v) is 4.31. The Hall–Kier alpha value is -1.06. The minimum Gasteiger partial charge on any atom is -0.493 e. The van der Waals surface area contributed by atoms with E-state index >= 15 is 0 Å². The van der Waals surface area contributed by atoms with Gasteiger partial charge in [-0.25, -0.2) is 0 Å². The van der Waals surface area contributed by atoms with Crippen LogP contribution in [0.5, 0.6) is 5.75 Å². The molecule has 104 valence electrons. The first kappa shape index (κ1) is 12.9. The summed E-state index contributed by atoms with van der Waals surface area (Å²) < 4.78 is 5.73. The first-order valence-electron chi connectivity index (χ1n) is 7.49. The molecule has 1 fully saturated rings. The van der Waals surface area contributed by atoms with E-state index in [2.05, 4.69) is 11.4 Å². The Morgan fingerprint density at radius 1 is 1.26 bits per heavy atom. The number of rotatable bonds is 2. The first-order valence-corrected chi connectivity index (χ1v) is 7.49. The van der Waals surface area contributed by atoms with Crippen molar-refractivity contribution in [3.63, 3.8) is 0 Å². The molecule has 0 saturated carbocycles. The van der Waals surface area contributed by atoms with Crippen molar-refractivity contribution in [3.05, 3.63) is 29.3 Å². The molecule has 0 spiro atoms. The van der Waals surface area contributed by atoms with E-state index in [1.165, 1.54) is 12.0 Å². The maximum absolute atomic E-state index is 10.5. The lowest BCUT2D eigenvalue weighted by atomic mass is 9.88. The summed E-state index contributed by atoms with van der Waals surface area (Å²) in [4.78, 5) is 0. The third-order valence-electron chi connectivity index (χ3n) is 4.31. The van der Waals surface area contributed by atoms with Gasteiger partial charge in [0, 0.05) is 12.5 Å². The highest BCUT2D eigenvalue weighted by Gasteiger charge is 2.23. The Labute approximate surface area is 115 Å². The van der Waals surface area contributed by atoms with E-state index in [4.69, 9.17) is 4.74 Å². The molecule has 2 atom stereocenters. The van der Waals surface area contributed by atoms with Gasteiger partial charge in [0.15, 0.2) is 0 Å². The zero-order valence-electron chi connectivity index (χ0n) is 11.4. The number of aryl methyl sites for hydroxylation is 1. The number of aliphatic hydroxyl groups excluding tert-OH is 1. The summed E-state index contributed by atoms with van der Waals surface area (Å²) in [5.74, 6) is 1.36. The maximum Gasteiger partial charge on any atom is 0.122 e. The van der Waals surface area contributed by atoms with E-state index in [0.29, 0.717) is 5.92 Å². The van der Waals surface area contributed by atoms with Crippen LogP contribution in [0, 0.1) is 5.92 Å². The van der Waals surface area contributed by atoms with Gasteiger partial charge < -0.3 is 15.2 Å². The van der Waals surface area contributed by atoms with Gasteiger partial charge in [-0.05, 0) is 61.9 Å². The molecule has 2 unspecified atom stereocenters. The van der Waals surface area contributed by atoms with Gasteiger partial charge in [-0.1, -0.05) is 6.07 Å². The maximum atomic E-state index is 10.5. The Balaban J connectivity index is 1.78. The number of benzene rings is 1. The number of aliphatic hydroxyl groups is 1. The van der Waals surface area contributed by atoms with Crippen LogP contribution >= 0.6 is 0 Å². The topological polar surface area (TPSA) is 41.5 Å². The Kier molecular flexibility index (Phi) is 4.04. The van der Waals surface area contributed by atoms with Crippen molar-refractivity contribution in [1.82, 2.24) is 5.32 Å². The number of hydrogen-bond acceptors (Lipinski definition) is 3. The summed E-state index contributed by atoms with van der Waals surface area (Å²) in [6, 6.07) is 6.22. The summed E-state index contributed by atoms with van der Waals surface area (Å²) in [6.07, 6.45) is 5.30. The predicted octanol–water partition coefficient (Wildman–Crippen LogP) is 2.43. The molecule has 1 saturated heterocycles. The summed E-state index contributed by atoms with van der Waals surface area (Å²) in [6.45, 7) is 2.83. The van der Waals surface area contributed by atoms with E-state index in [-0.39, 0.29) is 6.10 Å². The highest BCUT2D eigenvalue weighted by atomic mass is 16.5. The van der Waals surface area contributed by atoms with Gasteiger partial charge in [-0.3, -0.25) is 0 Å². The molecule has 2 aliphatic heterocycles. The van der Waals surface area contributed by atoms with E-state index in [1.807, 2.05) is 12.1 Å². The molecule has 1 aromatic rings. The zero-order chi connectivity index (χ0) is 13.1. The molecule has 2 aliphatic rings. The van der Waals surface area contributed by atoms with Crippen molar-refractivity contribution in [1.29, 1.82) is 0 Å². The van der Waals surface area contributed by atoms with E-state index < -0.39 is 0 Å². The van der Waals surface area contributed by atoms with Crippen LogP contribution in [0.4, 0.5) is 0 Å². The molecular weight excluding hydrogens is 238 g/mol. The lowest BCUT2D eigenvalue weighted by Crippen LogP contribution is -2.33. The molecular formula is C16H23NO2. The van der Waals surface area contributed by atoms with Crippen LogP contribution in [0.3, 0.4) is 0 Å². The lowest BCUT2D eigenvalue weighted by molar-refractivity contribution is 0.0920. The molecule has 3 heteroatoms. The minimum atomic E-state index is -0.346. The smallest absolute Gasteiger partial charge is 0.122 e. The van der Waals surface area contributed by atoms with Crippen molar-refractivity contribution in [2.45, 2.75) is 38.2 Å². The van der Waals surface area contributed by atoms with Crippen molar-refractivity contribution >= 4 is 0 Å². The number of hydrogen-bond donors (Lipinski definition) is 2. The summed E-state index contributed by atoms with van der Waals surface area (Å²) in [5, 5.41) is 13.9. The fraction of sp³-hybridized carbons (Fsp3) is 0.625. The van der Waals surface area contributed by atoms with Crippen molar-refractivity contribution < 1.29 is 9.84 Å². The van der Waals surface area contributed by atoms with Gasteiger partial charge in [0.1, 0.15) is 5.75 Å². The third kappa shape index (κ3) is 2.93. The fourth-order valence-corrected chi connectivity index (χ4v) is 3.14. The summed E-state index contributed by atoms with van der Waals surface area (Å²) in [7, 11) is 0. The largest absolute Gasteiger partial charge is 0.493 e.